The second-order valence-electron chi connectivity index (χ2n) is 11.8. The number of nitrogens with one attached hydrogen (secondary N) is 2. The third-order valence-electron chi connectivity index (χ3n) is 9.56. The number of hydrogen-bond acceptors (Lipinski definition) is 10. The fourth-order valence-corrected chi connectivity index (χ4v) is 10.7. The number of fused-ring (bicyclic) bond motifs is 9. The topological polar surface area (TPSA) is 175 Å². The number of phenolic OH excluding ortho intramolecular Hbond substituents is 1. The number of benzene rings is 2. The number of rotatable bonds is 8. The molecule has 12 nitrogen and oxygen atoms in total. The summed E-state index contributed by atoms with van der Waals surface area (Å²) in [6, 6.07) is 10.2. The molecular formula is C31H29N3O9S2. The highest BCUT2D eigenvalue weighted by molar-refractivity contribution is 8.00. The van der Waals surface area contributed by atoms with Crippen molar-refractivity contribution in [3.63, 3.8) is 0 Å². The van der Waals surface area contributed by atoms with E-state index in [2.05, 4.69) is 10.3 Å². The zero-order valence-electron chi connectivity index (χ0n) is 24.1. The van der Waals surface area contributed by atoms with Crippen molar-refractivity contribution in [1.82, 2.24) is 9.88 Å². The van der Waals surface area contributed by atoms with E-state index >= 15 is 0 Å². The largest absolute Gasteiger partial charge is 0.508 e. The Balaban J connectivity index is 1.18. The fraction of sp³-hybridized carbons (Fsp3) is 0.387. The number of likely N-dealkylation sites (tertiary alicyclic amines) is 1. The monoisotopic (exact) mass is 651 g/mol. The van der Waals surface area contributed by atoms with Crippen LogP contribution >= 0.6 is 23.1 Å². The lowest BCUT2D eigenvalue weighted by atomic mass is 9.68. The number of aromatic hydroxyl groups is 1. The number of phenols is 1. The van der Waals surface area contributed by atoms with Crippen molar-refractivity contribution in [3.8, 4) is 17.2 Å². The van der Waals surface area contributed by atoms with Gasteiger partial charge in [-0.25, -0.2) is 4.79 Å². The van der Waals surface area contributed by atoms with Gasteiger partial charge in [-0.3, -0.25) is 24.1 Å². The van der Waals surface area contributed by atoms with E-state index in [9.17, 15) is 34.2 Å². The number of ether oxygens (including phenoxy) is 2. The number of carboxylic acid groups (broad SMARTS) is 1. The number of aliphatic carboxylic acids is 1. The summed E-state index contributed by atoms with van der Waals surface area (Å²) in [6.45, 7) is 1.07. The molecule has 2 saturated carbocycles. The molecule has 2 bridgehead atoms. The lowest BCUT2D eigenvalue weighted by molar-refractivity contribution is -0.154. The molecule has 7 rings (SSSR count). The Labute approximate surface area is 264 Å². The molecule has 1 saturated heterocycles. The lowest BCUT2D eigenvalue weighted by Crippen LogP contribution is -2.44. The number of carboxylic acids is 1. The Kier molecular flexibility index (Phi) is 7.15. The zero-order chi connectivity index (χ0) is 31.7. The molecule has 3 amide bonds. The molecule has 8 atom stereocenters. The van der Waals surface area contributed by atoms with Gasteiger partial charge in [0, 0.05) is 21.7 Å². The van der Waals surface area contributed by atoms with Crippen LogP contribution in [0.3, 0.4) is 0 Å². The van der Waals surface area contributed by atoms with Crippen molar-refractivity contribution in [2.45, 2.75) is 35.6 Å². The predicted octanol–water partition coefficient (Wildman–Crippen LogP) is 3.11. The van der Waals surface area contributed by atoms with Gasteiger partial charge in [0.2, 0.25) is 11.8 Å². The first-order valence-electron chi connectivity index (χ1n) is 14.5. The number of carbonyl (C=O) groups excluding carboxylic acids is 3. The van der Waals surface area contributed by atoms with Crippen molar-refractivity contribution < 1.29 is 38.9 Å². The van der Waals surface area contributed by atoms with E-state index in [1.807, 2.05) is 12.1 Å². The number of aromatic amines is 1. The normalized spacial score (nSPS) is 28.3. The minimum atomic E-state index is -1.24. The number of hydrogen-bond donors (Lipinski definition) is 4. The van der Waals surface area contributed by atoms with Crippen LogP contribution in [-0.2, 0) is 19.2 Å². The van der Waals surface area contributed by atoms with Gasteiger partial charge in [0.25, 0.3) is 5.91 Å². The second kappa shape index (κ2) is 10.9. The standard InChI is InChI=1S/C31H29N3O9S2/c1-12(30(39)40)34-28(37)23-16-10-17(24(23)29(34)38)25-22(16)21(26-27(44-25)33-31(41)45-26)13-3-8-18(19(9-13)42-2)43-11-20(36)32-14-4-6-15(35)7-5-14/h3-9,12,16-17,21-25,35H,10-11H2,1-2H3,(H,32,36)(H,33,41)(H,39,40)/t12?,16?,17?,21-,22?,23?,24?,25?/m1/s1. The van der Waals surface area contributed by atoms with Gasteiger partial charge in [0.05, 0.1) is 24.0 Å². The van der Waals surface area contributed by atoms with E-state index in [-0.39, 0.29) is 46.2 Å². The lowest BCUT2D eigenvalue weighted by Gasteiger charge is -2.43. The summed E-state index contributed by atoms with van der Waals surface area (Å²) in [5.74, 6) is -3.46. The van der Waals surface area contributed by atoms with E-state index in [1.54, 1.807) is 30.0 Å². The molecule has 1 aromatic heterocycles. The number of aromatic nitrogens is 1. The van der Waals surface area contributed by atoms with E-state index in [0.717, 1.165) is 31.7 Å². The van der Waals surface area contributed by atoms with Gasteiger partial charge >= 0.3 is 10.8 Å². The van der Waals surface area contributed by atoms with Gasteiger partial charge in [-0.05, 0) is 73.1 Å². The number of anilines is 1. The maximum Gasteiger partial charge on any atom is 0.326 e. The first kappa shape index (κ1) is 29.4. The molecule has 3 aromatic rings. The van der Waals surface area contributed by atoms with E-state index in [1.165, 1.54) is 26.2 Å². The summed E-state index contributed by atoms with van der Waals surface area (Å²) >= 11 is 2.67. The number of amides is 3. The number of thiazole rings is 1. The maximum absolute atomic E-state index is 13.6. The summed E-state index contributed by atoms with van der Waals surface area (Å²) < 4.78 is 11.4. The molecule has 7 unspecified atom stereocenters. The molecule has 234 valence electrons. The van der Waals surface area contributed by atoms with Gasteiger partial charge in [0.15, 0.2) is 18.1 Å². The molecule has 45 heavy (non-hydrogen) atoms. The Morgan fingerprint density at radius 3 is 2.47 bits per heavy atom. The molecule has 0 spiro atoms. The van der Waals surface area contributed by atoms with Crippen LogP contribution in [0, 0.1) is 29.6 Å². The van der Waals surface area contributed by atoms with Gasteiger partial charge in [-0.1, -0.05) is 17.4 Å². The number of nitrogens with zero attached hydrogens (tertiary/aromatic N) is 1. The van der Waals surface area contributed by atoms with Crippen LogP contribution in [0.1, 0.15) is 29.7 Å². The van der Waals surface area contributed by atoms with Crippen molar-refractivity contribution in [1.29, 1.82) is 0 Å². The second-order valence-corrected chi connectivity index (χ2v) is 14.0. The van der Waals surface area contributed by atoms with Crippen LogP contribution in [0.25, 0.3) is 0 Å². The number of thioether (sulfide) groups is 1. The average Bonchev–Trinajstić information content (AvgIpc) is 3.75. The quantitative estimate of drug-likeness (QED) is 0.209. The molecule has 3 fully saturated rings. The van der Waals surface area contributed by atoms with Crippen LogP contribution in [0.5, 0.6) is 17.2 Å². The molecular weight excluding hydrogens is 622 g/mol. The van der Waals surface area contributed by atoms with Crippen molar-refractivity contribution in [3.05, 3.63) is 62.6 Å². The van der Waals surface area contributed by atoms with Gasteiger partial charge < -0.3 is 30.0 Å². The molecule has 2 aromatic carbocycles. The molecule has 2 aliphatic carbocycles. The van der Waals surface area contributed by atoms with E-state index < -0.39 is 41.6 Å². The van der Waals surface area contributed by atoms with Crippen molar-refractivity contribution >= 4 is 52.5 Å². The predicted molar refractivity (Wildman–Crippen MR) is 163 cm³/mol. The number of H-pyrrole nitrogens is 1. The minimum Gasteiger partial charge on any atom is -0.508 e. The van der Waals surface area contributed by atoms with Crippen LogP contribution in [-0.4, -0.2) is 68.8 Å². The number of carbonyl (C=O) groups is 4. The highest BCUT2D eigenvalue weighted by atomic mass is 32.2. The summed E-state index contributed by atoms with van der Waals surface area (Å²) in [5.41, 5.74) is 1.35. The molecule has 3 heterocycles. The molecule has 2 aliphatic heterocycles. The fourth-order valence-electron chi connectivity index (χ4n) is 7.79. The first-order chi connectivity index (χ1) is 21.6. The van der Waals surface area contributed by atoms with Crippen LogP contribution in [0.15, 0.2) is 52.3 Å². The van der Waals surface area contributed by atoms with Crippen LogP contribution in [0.4, 0.5) is 5.69 Å². The summed E-state index contributed by atoms with van der Waals surface area (Å²) in [4.78, 5) is 68.4. The van der Waals surface area contributed by atoms with Crippen molar-refractivity contribution in [2.75, 3.05) is 19.0 Å². The Morgan fingerprint density at radius 1 is 1.07 bits per heavy atom. The summed E-state index contributed by atoms with van der Waals surface area (Å²) in [6.07, 6.45) is 0.675. The van der Waals surface area contributed by atoms with E-state index in [0.29, 0.717) is 23.6 Å². The van der Waals surface area contributed by atoms with Gasteiger partial charge in [0.1, 0.15) is 11.8 Å². The maximum atomic E-state index is 13.6. The third-order valence-corrected chi connectivity index (χ3v) is 12.1. The first-order valence-corrected chi connectivity index (χ1v) is 16.2. The number of imide groups is 1. The smallest absolute Gasteiger partial charge is 0.326 e. The van der Waals surface area contributed by atoms with Crippen LogP contribution in [0.2, 0.25) is 0 Å². The summed E-state index contributed by atoms with van der Waals surface area (Å²) in [7, 11) is 1.49. The molecule has 4 aliphatic rings. The third kappa shape index (κ3) is 4.69. The molecule has 14 heteroatoms. The van der Waals surface area contributed by atoms with Gasteiger partial charge in [-0.15, -0.1) is 11.8 Å². The Bertz CT molecular complexity index is 1790. The molecule has 0 radical (unpaired) electrons. The van der Waals surface area contributed by atoms with Gasteiger partial charge in [-0.2, -0.15) is 0 Å². The summed E-state index contributed by atoms with van der Waals surface area (Å²) in [5, 5.41) is 22.4. The highest BCUT2D eigenvalue weighted by Gasteiger charge is 2.70. The average molecular weight is 652 g/mol. The van der Waals surface area contributed by atoms with Crippen LogP contribution < -0.4 is 19.7 Å². The SMILES string of the molecule is COc1cc([C@H]2c3sc(=O)[nH]c3SC3C4CC(C5C(=O)N(C(C)C(=O)O)C(=O)C45)C32)ccc1OCC(=O)Nc1ccc(O)cc1. The van der Waals surface area contributed by atoms with Crippen molar-refractivity contribution in [2.24, 2.45) is 29.6 Å². The minimum absolute atomic E-state index is 0.0543. The highest BCUT2D eigenvalue weighted by Crippen LogP contribution is 2.68. The number of methoxy groups -OCH3 is 1. The Hall–Kier alpha value is -4.30. The molecule has 4 N–H and O–H groups in total. The zero-order valence-corrected chi connectivity index (χ0v) is 25.7. The Morgan fingerprint density at radius 2 is 1.78 bits per heavy atom. The van der Waals surface area contributed by atoms with E-state index in [4.69, 9.17) is 9.47 Å².